The zero-order valence-electron chi connectivity index (χ0n) is 18.2. The van der Waals surface area contributed by atoms with Gasteiger partial charge >= 0.3 is 0 Å². The summed E-state index contributed by atoms with van der Waals surface area (Å²) in [7, 11) is 3.51. The molecule has 29 heavy (non-hydrogen) atoms. The van der Waals surface area contributed by atoms with E-state index in [1.54, 1.807) is 19.0 Å². The normalized spacial score (nSPS) is 16.7. The number of guanidine groups is 1. The highest BCUT2D eigenvalue weighted by Gasteiger charge is 2.22. The molecule has 0 spiro atoms. The third-order valence-electron chi connectivity index (χ3n) is 5.01. The fraction of sp³-hybridized carbons (Fsp3) is 0.636. The third kappa shape index (κ3) is 8.80. The average Bonchev–Trinajstić information content (AvgIpc) is 2.69. The van der Waals surface area contributed by atoms with Gasteiger partial charge in [-0.2, -0.15) is 0 Å². The summed E-state index contributed by atoms with van der Waals surface area (Å²) < 4.78 is 5.76. The molecule has 0 bridgehead atoms. The Bertz CT molecular complexity index is 651. The number of fused-ring (bicyclic) bond motifs is 1. The minimum absolute atomic E-state index is 0. The maximum Gasteiger partial charge on any atom is 0.243 e. The number of nitrogens with zero attached hydrogens (tertiary/aromatic N) is 2. The second kappa shape index (κ2) is 13.7. The highest BCUT2D eigenvalue weighted by molar-refractivity contribution is 14.0. The van der Waals surface area contributed by atoms with Crippen molar-refractivity contribution in [2.24, 2.45) is 4.99 Å². The van der Waals surface area contributed by atoms with Crippen molar-refractivity contribution in [2.45, 2.75) is 64.5 Å². The van der Waals surface area contributed by atoms with Crippen molar-refractivity contribution < 1.29 is 9.53 Å². The number of ether oxygens (including phenoxy) is 1. The number of amides is 1. The summed E-state index contributed by atoms with van der Waals surface area (Å²) in [5.74, 6) is 1.60. The smallest absolute Gasteiger partial charge is 0.243 e. The molecule has 2 N–H and O–H groups in total. The van der Waals surface area contributed by atoms with E-state index in [0.29, 0.717) is 18.6 Å². The van der Waals surface area contributed by atoms with Gasteiger partial charge in [0, 0.05) is 32.1 Å². The van der Waals surface area contributed by atoms with E-state index in [0.717, 1.165) is 24.2 Å². The maximum atomic E-state index is 12.0. The van der Waals surface area contributed by atoms with Crippen LogP contribution in [0.5, 0.6) is 5.75 Å². The number of rotatable bonds is 9. The van der Waals surface area contributed by atoms with Crippen LogP contribution in [0.3, 0.4) is 0 Å². The standard InChI is InChI=1S/C22H36N4O2.HI/c1-5-6-7-8-11-17(2)24-22(23-16-21(27)26(3)4)25-19-14-15-28-20-13-10-9-12-18(19)20;/h9-10,12-13,17,19H,5-8,11,14-16H2,1-4H3,(H2,23,24,25);1H. The van der Waals surface area contributed by atoms with E-state index in [-0.39, 0.29) is 42.5 Å². The Labute approximate surface area is 192 Å². The maximum absolute atomic E-state index is 12.0. The molecule has 1 amide bonds. The van der Waals surface area contributed by atoms with Gasteiger partial charge in [0.2, 0.25) is 5.91 Å². The van der Waals surface area contributed by atoms with E-state index in [2.05, 4.69) is 35.5 Å². The van der Waals surface area contributed by atoms with E-state index in [1.807, 2.05) is 18.2 Å². The minimum atomic E-state index is -0.0101. The van der Waals surface area contributed by atoms with Crippen LogP contribution in [0, 0.1) is 0 Å². The molecule has 0 fully saturated rings. The van der Waals surface area contributed by atoms with Crippen LogP contribution in [0.1, 0.15) is 64.0 Å². The quantitative estimate of drug-likeness (QED) is 0.225. The van der Waals surface area contributed by atoms with Gasteiger partial charge < -0.3 is 20.3 Å². The molecule has 1 aliphatic rings. The van der Waals surface area contributed by atoms with Gasteiger partial charge in [-0.25, -0.2) is 4.99 Å². The molecule has 164 valence electrons. The number of carbonyl (C=O) groups excluding carboxylic acids is 1. The third-order valence-corrected chi connectivity index (χ3v) is 5.01. The van der Waals surface area contributed by atoms with Crippen LogP contribution in [0.4, 0.5) is 0 Å². The zero-order chi connectivity index (χ0) is 20.4. The van der Waals surface area contributed by atoms with Gasteiger partial charge in [-0.15, -0.1) is 24.0 Å². The van der Waals surface area contributed by atoms with Crippen LogP contribution in [0.25, 0.3) is 0 Å². The Kier molecular flexibility index (Phi) is 12.0. The molecular weight excluding hydrogens is 479 g/mol. The molecule has 0 radical (unpaired) electrons. The second-order valence-corrected chi connectivity index (χ2v) is 7.72. The summed E-state index contributed by atoms with van der Waals surface area (Å²) >= 11 is 0. The molecule has 1 aromatic carbocycles. The molecule has 1 aliphatic heterocycles. The summed E-state index contributed by atoms with van der Waals surface area (Å²) in [6.07, 6.45) is 6.94. The average molecular weight is 516 g/mol. The number of halogens is 1. The monoisotopic (exact) mass is 516 g/mol. The molecule has 1 aromatic rings. The number of unbranched alkanes of at least 4 members (excludes halogenated alkanes) is 3. The van der Waals surface area contributed by atoms with E-state index >= 15 is 0 Å². The fourth-order valence-electron chi connectivity index (χ4n) is 3.26. The van der Waals surface area contributed by atoms with Crippen molar-refractivity contribution in [2.75, 3.05) is 27.2 Å². The number of likely N-dealkylation sites (N-methyl/N-ethyl adjacent to an activating group) is 1. The van der Waals surface area contributed by atoms with Crippen molar-refractivity contribution in [3.05, 3.63) is 29.8 Å². The molecule has 0 saturated carbocycles. The van der Waals surface area contributed by atoms with Crippen molar-refractivity contribution in [1.29, 1.82) is 0 Å². The zero-order valence-corrected chi connectivity index (χ0v) is 20.6. The van der Waals surface area contributed by atoms with Crippen molar-refractivity contribution in [3.63, 3.8) is 0 Å². The second-order valence-electron chi connectivity index (χ2n) is 7.72. The lowest BCUT2D eigenvalue weighted by molar-refractivity contribution is -0.127. The first-order valence-electron chi connectivity index (χ1n) is 10.5. The molecule has 0 aliphatic carbocycles. The van der Waals surface area contributed by atoms with Crippen LogP contribution in [-0.2, 0) is 4.79 Å². The van der Waals surface area contributed by atoms with E-state index in [4.69, 9.17) is 4.74 Å². The summed E-state index contributed by atoms with van der Waals surface area (Å²) in [5, 5.41) is 7.02. The first kappa shape index (κ1) is 25.5. The summed E-state index contributed by atoms with van der Waals surface area (Å²) in [6, 6.07) is 8.52. The number of para-hydroxylation sites is 1. The van der Waals surface area contributed by atoms with Crippen LogP contribution >= 0.6 is 24.0 Å². The summed E-state index contributed by atoms with van der Waals surface area (Å²) in [6.45, 7) is 5.21. The number of hydrogen-bond acceptors (Lipinski definition) is 3. The van der Waals surface area contributed by atoms with E-state index < -0.39 is 0 Å². The van der Waals surface area contributed by atoms with E-state index in [9.17, 15) is 4.79 Å². The Hall–Kier alpha value is -1.51. The SMILES string of the molecule is CCCCCCC(C)NC(=NCC(=O)N(C)C)NC1CCOc2ccccc21.I. The van der Waals surface area contributed by atoms with Gasteiger partial charge in [0.25, 0.3) is 0 Å². The minimum Gasteiger partial charge on any atom is -0.493 e. The van der Waals surface area contributed by atoms with Gasteiger partial charge in [0.05, 0.1) is 12.6 Å². The van der Waals surface area contributed by atoms with Crippen LogP contribution in [0.2, 0.25) is 0 Å². The van der Waals surface area contributed by atoms with Gasteiger partial charge in [0.15, 0.2) is 5.96 Å². The number of benzene rings is 1. The predicted octanol–water partition coefficient (Wildman–Crippen LogP) is 4.11. The molecule has 0 saturated heterocycles. The van der Waals surface area contributed by atoms with Gasteiger partial charge in [-0.3, -0.25) is 4.79 Å². The summed E-state index contributed by atoms with van der Waals surface area (Å²) in [4.78, 5) is 18.1. The van der Waals surface area contributed by atoms with Crippen molar-refractivity contribution in [3.8, 4) is 5.75 Å². The molecule has 7 heteroatoms. The Balaban J connectivity index is 0.00000420. The lowest BCUT2D eigenvalue weighted by Crippen LogP contribution is -2.45. The predicted molar refractivity (Wildman–Crippen MR) is 130 cm³/mol. The molecule has 6 nitrogen and oxygen atoms in total. The number of carbonyl (C=O) groups is 1. The summed E-state index contributed by atoms with van der Waals surface area (Å²) in [5.41, 5.74) is 1.14. The number of aliphatic imine (C=N–C) groups is 1. The van der Waals surface area contributed by atoms with Crippen LogP contribution in [0.15, 0.2) is 29.3 Å². The molecule has 2 atom stereocenters. The van der Waals surface area contributed by atoms with Crippen LogP contribution < -0.4 is 15.4 Å². The van der Waals surface area contributed by atoms with Gasteiger partial charge in [-0.05, 0) is 19.4 Å². The first-order valence-corrected chi connectivity index (χ1v) is 10.5. The molecule has 2 rings (SSSR count). The highest BCUT2D eigenvalue weighted by Crippen LogP contribution is 2.31. The van der Waals surface area contributed by atoms with Crippen LogP contribution in [-0.4, -0.2) is 50.1 Å². The topological polar surface area (TPSA) is 66.0 Å². The number of hydrogen-bond donors (Lipinski definition) is 2. The Morgan fingerprint density at radius 3 is 2.76 bits per heavy atom. The Morgan fingerprint density at radius 1 is 1.28 bits per heavy atom. The lowest BCUT2D eigenvalue weighted by atomic mass is 10.0. The lowest BCUT2D eigenvalue weighted by Gasteiger charge is -2.29. The number of nitrogens with one attached hydrogen (secondary N) is 2. The first-order chi connectivity index (χ1) is 13.5. The van der Waals surface area contributed by atoms with Gasteiger partial charge in [-0.1, -0.05) is 50.8 Å². The molecule has 1 heterocycles. The van der Waals surface area contributed by atoms with Crippen molar-refractivity contribution in [1.82, 2.24) is 15.5 Å². The molecule has 2 unspecified atom stereocenters. The largest absolute Gasteiger partial charge is 0.493 e. The molecular formula is C22H37IN4O2. The van der Waals surface area contributed by atoms with E-state index in [1.165, 1.54) is 25.7 Å². The molecule has 0 aromatic heterocycles. The highest BCUT2D eigenvalue weighted by atomic mass is 127. The van der Waals surface area contributed by atoms with Crippen molar-refractivity contribution >= 4 is 35.8 Å². The fourth-order valence-corrected chi connectivity index (χ4v) is 3.26. The Morgan fingerprint density at radius 2 is 2.03 bits per heavy atom. The van der Waals surface area contributed by atoms with Gasteiger partial charge in [0.1, 0.15) is 12.3 Å².